The van der Waals surface area contributed by atoms with E-state index >= 15 is 0 Å². The van der Waals surface area contributed by atoms with Gasteiger partial charge in [-0.3, -0.25) is 9.48 Å². The van der Waals surface area contributed by atoms with Crippen LogP contribution in [0.4, 0.5) is 5.82 Å². The highest BCUT2D eigenvalue weighted by Gasteiger charge is 2.32. The summed E-state index contributed by atoms with van der Waals surface area (Å²) < 4.78 is 28.9. The number of anilines is 1. The van der Waals surface area contributed by atoms with Gasteiger partial charge >= 0.3 is 0 Å². The van der Waals surface area contributed by atoms with Gasteiger partial charge in [-0.05, 0) is 37.5 Å². The van der Waals surface area contributed by atoms with Crippen molar-refractivity contribution in [2.75, 3.05) is 18.4 Å². The van der Waals surface area contributed by atoms with Crippen molar-refractivity contribution in [1.29, 1.82) is 0 Å². The van der Waals surface area contributed by atoms with E-state index in [4.69, 9.17) is 0 Å². The summed E-state index contributed by atoms with van der Waals surface area (Å²) in [6.07, 6.45) is 2.81. The molecule has 3 aromatic rings. The Labute approximate surface area is 182 Å². The molecule has 0 atom stereocenters. The van der Waals surface area contributed by atoms with E-state index in [9.17, 15) is 13.2 Å². The van der Waals surface area contributed by atoms with Crippen LogP contribution in [0, 0.1) is 12.8 Å². The van der Waals surface area contributed by atoms with E-state index in [1.54, 1.807) is 35.0 Å². The number of hydrogen-bond acceptors (Lipinski definition) is 4. The first-order valence-electron chi connectivity index (χ1n) is 10.4. The number of aryl methyl sites for hydroxylation is 1. The lowest BCUT2D eigenvalue weighted by Gasteiger charge is -2.30. The molecule has 0 radical (unpaired) electrons. The van der Waals surface area contributed by atoms with Gasteiger partial charge in [0.1, 0.15) is 0 Å². The summed E-state index contributed by atoms with van der Waals surface area (Å²) in [6.45, 7) is 3.21. The molecule has 1 fully saturated rings. The van der Waals surface area contributed by atoms with Gasteiger partial charge in [-0.25, -0.2) is 8.42 Å². The summed E-state index contributed by atoms with van der Waals surface area (Å²) >= 11 is 0. The Bertz CT molecular complexity index is 1130. The fourth-order valence-electron chi connectivity index (χ4n) is 3.73. The number of piperidine rings is 1. The summed E-state index contributed by atoms with van der Waals surface area (Å²) in [5.41, 5.74) is 2.14. The maximum absolute atomic E-state index is 12.8. The number of carbonyl (C=O) groups excluding carboxylic acids is 1. The summed E-state index contributed by atoms with van der Waals surface area (Å²) in [5, 5.41) is 7.29. The summed E-state index contributed by atoms with van der Waals surface area (Å²) in [6, 6.07) is 18.6. The van der Waals surface area contributed by atoms with Gasteiger partial charge in [-0.1, -0.05) is 48.0 Å². The van der Waals surface area contributed by atoms with Crippen molar-refractivity contribution in [1.82, 2.24) is 14.1 Å². The molecule has 2 aromatic carbocycles. The number of aromatic nitrogens is 2. The fraction of sp³-hybridized carbons (Fsp3) is 0.304. The van der Waals surface area contributed by atoms with Crippen LogP contribution in [0.3, 0.4) is 0 Å². The van der Waals surface area contributed by atoms with Gasteiger partial charge in [0.05, 0.1) is 11.4 Å². The molecule has 0 spiro atoms. The van der Waals surface area contributed by atoms with Crippen LogP contribution in [0.5, 0.6) is 0 Å². The number of amides is 1. The molecule has 7 nitrogen and oxygen atoms in total. The van der Waals surface area contributed by atoms with Crippen LogP contribution in [-0.4, -0.2) is 41.5 Å². The van der Waals surface area contributed by atoms with Gasteiger partial charge in [0.15, 0.2) is 5.82 Å². The molecule has 4 rings (SSSR count). The third-order valence-corrected chi connectivity index (χ3v) is 7.48. The molecule has 1 N–H and O–H groups in total. The Morgan fingerprint density at radius 3 is 2.39 bits per heavy atom. The topological polar surface area (TPSA) is 84.3 Å². The minimum atomic E-state index is -3.53. The number of nitrogens with one attached hydrogen (secondary N) is 1. The minimum Gasteiger partial charge on any atom is -0.309 e. The third-order valence-electron chi connectivity index (χ3n) is 5.56. The first-order chi connectivity index (χ1) is 14.9. The zero-order valence-corrected chi connectivity index (χ0v) is 18.3. The highest BCUT2D eigenvalue weighted by molar-refractivity contribution is 7.89. The molecule has 0 saturated carbocycles. The highest BCUT2D eigenvalue weighted by atomic mass is 32.2. The molecular formula is C23H26N4O3S. The maximum Gasteiger partial charge on any atom is 0.243 e. The maximum atomic E-state index is 12.8. The molecule has 31 heavy (non-hydrogen) atoms. The van der Waals surface area contributed by atoms with Crippen molar-refractivity contribution in [2.24, 2.45) is 5.92 Å². The van der Waals surface area contributed by atoms with E-state index in [-0.39, 0.29) is 11.8 Å². The van der Waals surface area contributed by atoms with Crippen molar-refractivity contribution < 1.29 is 13.2 Å². The fourth-order valence-corrected chi connectivity index (χ4v) is 5.20. The van der Waals surface area contributed by atoms with E-state index in [0.717, 1.165) is 11.1 Å². The lowest BCUT2D eigenvalue weighted by molar-refractivity contribution is -0.120. The number of hydrogen-bond donors (Lipinski definition) is 1. The second kappa shape index (κ2) is 9.03. The molecule has 0 bridgehead atoms. The van der Waals surface area contributed by atoms with Crippen LogP contribution in [0.1, 0.15) is 24.0 Å². The Morgan fingerprint density at radius 2 is 1.71 bits per heavy atom. The van der Waals surface area contributed by atoms with Crippen LogP contribution < -0.4 is 5.32 Å². The second-order valence-electron chi connectivity index (χ2n) is 7.86. The molecule has 0 unspecified atom stereocenters. The summed E-state index contributed by atoms with van der Waals surface area (Å²) in [7, 11) is -3.53. The Morgan fingerprint density at radius 1 is 1.03 bits per heavy atom. The largest absolute Gasteiger partial charge is 0.309 e. The van der Waals surface area contributed by atoms with E-state index in [1.807, 2.05) is 43.5 Å². The van der Waals surface area contributed by atoms with E-state index in [1.165, 1.54) is 4.31 Å². The zero-order valence-electron chi connectivity index (χ0n) is 17.4. The standard InChI is InChI=1S/C23H26N4O3S/c1-18-7-9-21(10-8-18)31(29,30)27-15-11-20(12-16-27)23(28)24-22-13-14-26(25-22)17-19-5-3-2-4-6-19/h2-10,13-14,20H,11-12,15-17H2,1H3,(H,24,25,28). The number of rotatable bonds is 6. The van der Waals surface area contributed by atoms with Crippen molar-refractivity contribution in [3.8, 4) is 0 Å². The minimum absolute atomic E-state index is 0.114. The van der Waals surface area contributed by atoms with Crippen LogP contribution in [0.25, 0.3) is 0 Å². The lowest BCUT2D eigenvalue weighted by Crippen LogP contribution is -2.41. The summed E-state index contributed by atoms with van der Waals surface area (Å²) in [4.78, 5) is 13.0. The highest BCUT2D eigenvalue weighted by Crippen LogP contribution is 2.25. The van der Waals surface area contributed by atoms with E-state index < -0.39 is 10.0 Å². The number of benzene rings is 2. The Hall–Kier alpha value is -2.97. The number of nitrogens with zero attached hydrogens (tertiary/aromatic N) is 3. The van der Waals surface area contributed by atoms with Crippen molar-refractivity contribution >= 4 is 21.7 Å². The molecule has 1 aliphatic rings. The average Bonchev–Trinajstić information content (AvgIpc) is 3.21. The summed E-state index contributed by atoms with van der Waals surface area (Å²) in [5.74, 6) is 0.164. The first-order valence-corrected chi connectivity index (χ1v) is 11.8. The molecule has 0 aliphatic carbocycles. The lowest BCUT2D eigenvalue weighted by atomic mass is 9.97. The third kappa shape index (κ3) is 5.03. The van der Waals surface area contributed by atoms with Crippen LogP contribution in [0.2, 0.25) is 0 Å². The van der Waals surface area contributed by atoms with E-state index in [2.05, 4.69) is 10.4 Å². The molecule has 1 amide bonds. The number of sulfonamides is 1. The molecular weight excluding hydrogens is 412 g/mol. The molecule has 8 heteroatoms. The van der Waals surface area contributed by atoms with Crippen molar-refractivity contribution in [2.45, 2.75) is 31.2 Å². The van der Waals surface area contributed by atoms with Crippen LogP contribution in [-0.2, 0) is 21.4 Å². The number of carbonyl (C=O) groups is 1. The molecule has 162 valence electrons. The Balaban J connectivity index is 1.32. The van der Waals surface area contributed by atoms with Crippen molar-refractivity contribution in [3.05, 3.63) is 78.0 Å². The SMILES string of the molecule is Cc1ccc(S(=O)(=O)N2CCC(C(=O)Nc3ccn(Cc4ccccc4)n3)CC2)cc1. The van der Waals surface area contributed by atoms with Gasteiger partial charge in [0, 0.05) is 31.3 Å². The zero-order chi connectivity index (χ0) is 21.8. The van der Waals surface area contributed by atoms with Crippen LogP contribution in [0.15, 0.2) is 71.8 Å². The molecule has 1 aliphatic heterocycles. The molecule has 2 heterocycles. The van der Waals surface area contributed by atoms with E-state index in [0.29, 0.717) is 43.2 Å². The van der Waals surface area contributed by atoms with Gasteiger partial charge < -0.3 is 5.32 Å². The molecule has 1 aromatic heterocycles. The Kier molecular flexibility index (Phi) is 6.20. The second-order valence-corrected chi connectivity index (χ2v) is 9.80. The van der Waals surface area contributed by atoms with Crippen molar-refractivity contribution in [3.63, 3.8) is 0 Å². The van der Waals surface area contributed by atoms with Gasteiger partial charge in [-0.15, -0.1) is 0 Å². The predicted octanol–water partition coefficient (Wildman–Crippen LogP) is 3.28. The van der Waals surface area contributed by atoms with Gasteiger partial charge in [0.25, 0.3) is 0 Å². The molecule has 1 saturated heterocycles. The first kappa shape index (κ1) is 21.3. The normalized spacial score (nSPS) is 15.6. The average molecular weight is 439 g/mol. The predicted molar refractivity (Wildman–Crippen MR) is 119 cm³/mol. The van der Waals surface area contributed by atoms with Gasteiger partial charge in [0.2, 0.25) is 15.9 Å². The van der Waals surface area contributed by atoms with Gasteiger partial charge in [-0.2, -0.15) is 9.40 Å². The van der Waals surface area contributed by atoms with Crippen LogP contribution >= 0.6 is 0 Å². The quantitative estimate of drug-likeness (QED) is 0.640. The smallest absolute Gasteiger partial charge is 0.243 e. The monoisotopic (exact) mass is 438 g/mol.